The van der Waals surface area contributed by atoms with Gasteiger partial charge in [0.15, 0.2) is 29.8 Å². The molecule has 2 aliphatic heterocycles. The van der Waals surface area contributed by atoms with Gasteiger partial charge in [-0.3, -0.25) is 14.4 Å². The molecule has 0 amide bonds. The maximum absolute atomic E-state index is 12.1. The first kappa shape index (κ1) is 26.9. The van der Waals surface area contributed by atoms with Crippen LogP contribution in [0.1, 0.15) is 50.5 Å². The first-order valence-corrected chi connectivity index (χ1v) is 12.8. The fourth-order valence-electron chi connectivity index (χ4n) is 4.61. The highest BCUT2D eigenvalue weighted by atomic mass is 79.9. The van der Waals surface area contributed by atoms with Crippen LogP contribution in [0.3, 0.4) is 0 Å². The highest BCUT2D eigenvalue weighted by Gasteiger charge is 2.50. The molecule has 1 saturated heterocycles. The van der Waals surface area contributed by atoms with E-state index < -0.39 is 48.4 Å². The summed E-state index contributed by atoms with van der Waals surface area (Å²) in [6, 6.07) is 11.5. The van der Waals surface area contributed by atoms with Crippen LogP contribution in [0.2, 0.25) is 0 Å². The third-order valence-electron chi connectivity index (χ3n) is 6.08. The Morgan fingerprint density at radius 3 is 2.14 bits per heavy atom. The van der Waals surface area contributed by atoms with Gasteiger partial charge in [-0.15, -0.1) is 0 Å². The highest BCUT2D eigenvalue weighted by Crippen LogP contribution is 2.39. The lowest BCUT2D eigenvalue weighted by molar-refractivity contribution is -0.245. The van der Waals surface area contributed by atoms with Crippen LogP contribution in [-0.4, -0.2) is 55.5 Å². The van der Waals surface area contributed by atoms with Gasteiger partial charge in [0.2, 0.25) is 0 Å². The topological polar surface area (TPSA) is 107 Å². The van der Waals surface area contributed by atoms with Crippen molar-refractivity contribution in [1.29, 1.82) is 0 Å². The lowest BCUT2D eigenvalue weighted by atomic mass is 9.89. The van der Waals surface area contributed by atoms with Crippen LogP contribution in [0.15, 0.2) is 40.9 Å². The fourth-order valence-corrected chi connectivity index (χ4v) is 4.99. The number of esters is 3. The van der Waals surface area contributed by atoms with Gasteiger partial charge >= 0.3 is 17.9 Å². The van der Waals surface area contributed by atoms with E-state index in [-0.39, 0.29) is 0 Å². The summed E-state index contributed by atoms with van der Waals surface area (Å²) in [6.07, 6.45) is -3.88. The van der Waals surface area contributed by atoms with Crippen molar-refractivity contribution in [3.8, 4) is 11.5 Å². The summed E-state index contributed by atoms with van der Waals surface area (Å²) in [5, 5.41) is 0. The van der Waals surface area contributed by atoms with Crippen LogP contribution >= 0.6 is 15.9 Å². The van der Waals surface area contributed by atoms with Crippen molar-refractivity contribution in [2.45, 2.75) is 64.6 Å². The highest BCUT2D eigenvalue weighted by molar-refractivity contribution is 9.10. The Morgan fingerprint density at radius 2 is 1.46 bits per heavy atom. The minimum Gasteiger partial charge on any atom is -0.486 e. The summed E-state index contributed by atoms with van der Waals surface area (Å²) in [4.78, 5) is 35.8. The van der Waals surface area contributed by atoms with Crippen LogP contribution < -0.4 is 9.47 Å². The van der Waals surface area contributed by atoms with E-state index >= 15 is 0 Å². The summed E-state index contributed by atoms with van der Waals surface area (Å²) >= 11 is 3.63. The Morgan fingerprint density at radius 1 is 0.838 bits per heavy atom. The van der Waals surface area contributed by atoms with E-state index in [1.165, 1.54) is 20.8 Å². The molecule has 2 heterocycles. The second kappa shape index (κ2) is 11.5. The van der Waals surface area contributed by atoms with Crippen molar-refractivity contribution in [2.24, 2.45) is 0 Å². The van der Waals surface area contributed by atoms with E-state index in [1.54, 1.807) is 6.92 Å². The second-order valence-electron chi connectivity index (χ2n) is 8.99. The minimum atomic E-state index is -1.05. The summed E-state index contributed by atoms with van der Waals surface area (Å²) in [6.45, 7) is 6.50. The zero-order valence-corrected chi connectivity index (χ0v) is 22.6. The van der Waals surface area contributed by atoms with Crippen molar-refractivity contribution in [3.05, 3.63) is 57.6 Å². The Bertz CT molecular complexity index is 1180. The van der Waals surface area contributed by atoms with E-state index in [2.05, 4.69) is 15.9 Å². The van der Waals surface area contributed by atoms with Gasteiger partial charge in [0.1, 0.15) is 19.3 Å². The van der Waals surface area contributed by atoms with Crippen LogP contribution in [-0.2, 0) is 39.8 Å². The number of carbonyl (C=O) groups is 3. The van der Waals surface area contributed by atoms with E-state index in [0.29, 0.717) is 30.9 Å². The molecule has 0 bridgehead atoms. The molecule has 37 heavy (non-hydrogen) atoms. The number of hydrogen-bond acceptors (Lipinski definition) is 9. The maximum Gasteiger partial charge on any atom is 0.303 e. The summed E-state index contributed by atoms with van der Waals surface area (Å²) < 4.78 is 35.0. The van der Waals surface area contributed by atoms with Crippen molar-refractivity contribution in [3.63, 3.8) is 0 Å². The second-order valence-corrected chi connectivity index (χ2v) is 9.84. The molecule has 5 atom stereocenters. The van der Waals surface area contributed by atoms with E-state index in [0.717, 1.165) is 21.3 Å². The lowest BCUT2D eigenvalue weighted by Crippen LogP contribution is -2.57. The van der Waals surface area contributed by atoms with Gasteiger partial charge in [-0.05, 0) is 48.2 Å². The van der Waals surface area contributed by atoms with Gasteiger partial charge < -0.3 is 28.4 Å². The van der Waals surface area contributed by atoms with Crippen LogP contribution in [0.25, 0.3) is 0 Å². The van der Waals surface area contributed by atoms with Gasteiger partial charge in [-0.25, -0.2) is 0 Å². The number of hydrogen-bond donors (Lipinski definition) is 0. The third-order valence-corrected chi connectivity index (χ3v) is 6.85. The fraction of sp³-hybridized carbons (Fsp3) is 0.444. The minimum absolute atomic E-state index is 0.502. The predicted octanol–water partition coefficient (Wildman–Crippen LogP) is 4.07. The molecule has 0 spiro atoms. The normalized spacial score (nSPS) is 24.6. The molecule has 2 aromatic rings. The number of benzene rings is 2. The maximum atomic E-state index is 12.1. The molecule has 198 valence electrons. The SMILES string of the molecule is CC(=O)OC1C(C)OC(c2ccc(Br)c(Cc3ccc4c(c3)OCCO4)c2)C(OC(C)=O)C1OC(C)=O. The van der Waals surface area contributed by atoms with Gasteiger partial charge in [-0.2, -0.15) is 0 Å². The number of fused-ring (bicyclic) bond motifs is 1. The zero-order valence-electron chi connectivity index (χ0n) is 21.0. The molecule has 4 rings (SSSR count). The van der Waals surface area contributed by atoms with Crippen molar-refractivity contribution in [1.82, 2.24) is 0 Å². The number of ether oxygens (including phenoxy) is 6. The van der Waals surface area contributed by atoms with Gasteiger partial charge in [0.05, 0.1) is 6.10 Å². The smallest absolute Gasteiger partial charge is 0.303 e. The van der Waals surface area contributed by atoms with E-state index in [9.17, 15) is 14.4 Å². The Hall–Kier alpha value is -3.11. The van der Waals surface area contributed by atoms with E-state index in [1.807, 2.05) is 36.4 Å². The van der Waals surface area contributed by atoms with Gasteiger partial charge in [0.25, 0.3) is 0 Å². The van der Waals surface area contributed by atoms with Crippen molar-refractivity contribution >= 4 is 33.8 Å². The molecule has 10 heteroatoms. The zero-order chi connectivity index (χ0) is 26.7. The largest absolute Gasteiger partial charge is 0.486 e. The van der Waals surface area contributed by atoms with Crippen molar-refractivity contribution < 1.29 is 42.8 Å². The first-order valence-electron chi connectivity index (χ1n) is 12.0. The summed E-state index contributed by atoms with van der Waals surface area (Å²) in [7, 11) is 0. The molecule has 0 radical (unpaired) electrons. The molecule has 2 aliphatic rings. The quantitative estimate of drug-likeness (QED) is 0.371. The van der Waals surface area contributed by atoms with Crippen LogP contribution in [0.4, 0.5) is 0 Å². The monoisotopic (exact) mass is 576 g/mol. The van der Waals surface area contributed by atoms with E-state index in [4.69, 9.17) is 28.4 Å². The molecule has 1 fully saturated rings. The third kappa shape index (κ3) is 6.42. The molecule has 9 nitrogen and oxygen atoms in total. The number of halogens is 1. The van der Waals surface area contributed by atoms with Gasteiger partial charge in [-0.1, -0.05) is 34.1 Å². The Balaban J connectivity index is 1.67. The standard InChI is InChI=1S/C27H29BrO9/c1-14-24(35-15(2)29)26(36-16(3)30)27(37-17(4)31)25(34-14)19-6-7-21(28)20(13-19)11-18-5-8-22-23(12-18)33-10-9-32-22/h5-8,12-14,24-27H,9-11H2,1-4H3. The predicted molar refractivity (Wildman–Crippen MR) is 134 cm³/mol. The molecule has 0 aromatic heterocycles. The van der Waals surface area contributed by atoms with Gasteiger partial charge in [0, 0.05) is 25.2 Å². The Kier molecular flexibility index (Phi) is 8.39. The molecular weight excluding hydrogens is 548 g/mol. The Labute approximate surface area is 223 Å². The van der Waals surface area contributed by atoms with Crippen LogP contribution in [0.5, 0.6) is 11.5 Å². The number of rotatable bonds is 6. The molecule has 0 aliphatic carbocycles. The van der Waals surface area contributed by atoms with Crippen LogP contribution in [0, 0.1) is 0 Å². The summed E-state index contributed by atoms with van der Waals surface area (Å²) in [5.41, 5.74) is 2.69. The average Bonchev–Trinajstić information content (AvgIpc) is 2.83. The molecular formula is C27H29BrO9. The lowest BCUT2D eigenvalue weighted by Gasteiger charge is -2.44. The number of carbonyl (C=O) groups excluding carboxylic acids is 3. The first-order chi connectivity index (χ1) is 17.6. The molecule has 5 unspecified atom stereocenters. The average molecular weight is 577 g/mol. The molecule has 0 N–H and O–H groups in total. The summed E-state index contributed by atoms with van der Waals surface area (Å²) in [5.74, 6) is -0.322. The molecule has 0 saturated carbocycles. The molecule has 2 aromatic carbocycles. The van der Waals surface area contributed by atoms with Crippen molar-refractivity contribution in [2.75, 3.05) is 13.2 Å².